The molecule has 0 aromatic heterocycles. The molecule has 1 saturated heterocycles. The van der Waals surface area contributed by atoms with Crippen LogP contribution in [0.15, 0.2) is 18.2 Å². The van der Waals surface area contributed by atoms with Gasteiger partial charge in [0.2, 0.25) is 0 Å². The van der Waals surface area contributed by atoms with E-state index in [1.807, 2.05) is 0 Å². The molecule has 6 nitrogen and oxygen atoms in total. The zero-order chi connectivity index (χ0) is 14.5. The van der Waals surface area contributed by atoms with Gasteiger partial charge in [-0.1, -0.05) is 6.07 Å². The number of aromatic carboxylic acids is 1. The highest BCUT2D eigenvalue weighted by Crippen LogP contribution is 2.19. The van der Waals surface area contributed by atoms with Gasteiger partial charge in [-0.2, -0.15) is 0 Å². The number of ether oxygens (including phenoxy) is 1. The number of nitrogens with zero attached hydrogens (tertiary/aromatic N) is 1. The van der Waals surface area contributed by atoms with E-state index in [9.17, 15) is 14.0 Å². The number of anilines is 1. The Hall–Kier alpha value is -2.15. The van der Waals surface area contributed by atoms with Crippen molar-refractivity contribution in [3.8, 4) is 0 Å². The van der Waals surface area contributed by atoms with Crippen LogP contribution >= 0.6 is 0 Å². The fraction of sp³-hybridized carbons (Fsp3) is 0.385. The number of amides is 2. The van der Waals surface area contributed by atoms with E-state index in [1.165, 1.54) is 17.0 Å². The van der Waals surface area contributed by atoms with Crippen molar-refractivity contribution in [2.24, 2.45) is 0 Å². The summed E-state index contributed by atoms with van der Waals surface area (Å²) in [7, 11) is 0. The van der Waals surface area contributed by atoms with Crippen LogP contribution in [0.5, 0.6) is 0 Å². The number of hydrogen-bond donors (Lipinski definition) is 2. The van der Waals surface area contributed by atoms with Crippen molar-refractivity contribution in [1.29, 1.82) is 0 Å². The summed E-state index contributed by atoms with van der Waals surface area (Å²) >= 11 is 0. The number of carbonyl (C=O) groups is 2. The van der Waals surface area contributed by atoms with E-state index in [4.69, 9.17) is 9.84 Å². The maximum atomic E-state index is 13.5. The first-order valence-corrected chi connectivity index (χ1v) is 6.25. The van der Waals surface area contributed by atoms with Gasteiger partial charge < -0.3 is 20.1 Å². The number of benzene rings is 1. The highest BCUT2D eigenvalue weighted by molar-refractivity contribution is 6.00. The van der Waals surface area contributed by atoms with Crippen molar-refractivity contribution in [3.05, 3.63) is 29.6 Å². The topological polar surface area (TPSA) is 78.9 Å². The molecule has 1 fully saturated rings. The van der Waals surface area contributed by atoms with E-state index in [1.54, 1.807) is 0 Å². The maximum Gasteiger partial charge on any atom is 0.340 e. The molecule has 2 N–H and O–H groups in total. The van der Waals surface area contributed by atoms with E-state index in [-0.39, 0.29) is 5.69 Å². The molecule has 0 bridgehead atoms. The monoisotopic (exact) mass is 282 g/mol. The summed E-state index contributed by atoms with van der Waals surface area (Å²) in [5.41, 5.74) is -0.584. The number of carbonyl (C=O) groups excluding carboxylic acids is 1. The number of urea groups is 1. The highest BCUT2D eigenvalue weighted by Gasteiger charge is 2.20. The minimum Gasteiger partial charge on any atom is -0.478 e. The van der Waals surface area contributed by atoms with Crippen molar-refractivity contribution in [2.75, 3.05) is 31.6 Å². The lowest BCUT2D eigenvalue weighted by molar-refractivity contribution is 0.0693. The molecule has 0 atom stereocenters. The van der Waals surface area contributed by atoms with Crippen LogP contribution in [0.1, 0.15) is 16.8 Å². The second kappa shape index (κ2) is 6.33. The lowest BCUT2D eigenvalue weighted by atomic mass is 10.1. The Morgan fingerprint density at radius 3 is 2.85 bits per heavy atom. The molecule has 0 aliphatic carbocycles. The second-order valence-corrected chi connectivity index (χ2v) is 4.35. The van der Waals surface area contributed by atoms with Crippen LogP contribution in [0.4, 0.5) is 14.9 Å². The molecular formula is C13H15FN2O4. The van der Waals surface area contributed by atoms with Gasteiger partial charge in [-0.05, 0) is 18.6 Å². The Labute approximate surface area is 115 Å². The number of nitrogens with one attached hydrogen (secondary N) is 1. The average molecular weight is 282 g/mol. The van der Waals surface area contributed by atoms with Crippen LogP contribution in [0.3, 0.4) is 0 Å². The number of hydrogen-bond acceptors (Lipinski definition) is 3. The van der Waals surface area contributed by atoms with Crippen LogP contribution in [0, 0.1) is 5.82 Å². The normalized spacial score (nSPS) is 15.6. The smallest absolute Gasteiger partial charge is 0.340 e. The summed E-state index contributed by atoms with van der Waals surface area (Å²) in [6, 6.07) is 3.30. The molecule has 0 spiro atoms. The lowest BCUT2D eigenvalue weighted by Crippen LogP contribution is -2.37. The van der Waals surface area contributed by atoms with Crippen molar-refractivity contribution < 1.29 is 23.8 Å². The zero-order valence-electron chi connectivity index (χ0n) is 10.8. The quantitative estimate of drug-likeness (QED) is 0.866. The third-order valence-corrected chi connectivity index (χ3v) is 2.98. The van der Waals surface area contributed by atoms with Gasteiger partial charge in [-0.25, -0.2) is 14.0 Å². The van der Waals surface area contributed by atoms with Gasteiger partial charge in [0.05, 0.1) is 12.3 Å². The molecule has 108 valence electrons. The van der Waals surface area contributed by atoms with E-state index >= 15 is 0 Å². The molecule has 0 unspecified atom stereocenters. The molecule has 1 aliphatic rings. The molecule has 7 heteroatoms. The van der Waals surface area contributed by atoms with Gasteiger partial charge >= 0.3 is 12.0 Å². The summed E-state index contributed by atoms with van der Waals surface area (Å²) in [6.45, 7) is 1.96. The molecule has 1 aliphatic heterocycles. The van der Waals surface area contributed by atoms with Crippen molar-refractivity contribution in [2.45, 2.75) is 6.42 Å². The molecule has 1 aromatic rings. The van der Waals surface area contributed by atoms with E-state index in [0.717, 1.165) is 6.07 Å². The second-order valence-electron chi connectivity index (χ2n) is 4.35. The van der Waals surface area contributed by atoms with Gasteiger partial charge in [0.15, 0.2) is 0 Å². The number of halogens is 1. The average Bonchev–Trinajstić information content (AvgIpc) is 2.67. The Kier molecular flexibility index (Phi) is 4.52. The number of rotatable bonds is 2. The van der Waals surface area contributed by atoms with Crippen LogP contribution in [0.25, 0.3) is 0 Å². The minimum atomic E-state index is -1.42. The summed E-state index contributed by atoms with van der Waals surface area (Å²) in [6.07, 6.45) is 0.711. The summed E-state index contributed by atoms with van der Waals surface area (Å²) < 4.78 is 18.7. The van der Waals surface area contributed by atoms with Crippen LogP contribution < -0.4 is 5.32 Å². The molecule has 2 rings (SSSR count). The van der Waals surface area contributed by atoms with E-state index in [2.05, 4.69) is 5.32 Å². The Morgan fingerprint density at radius 2 is 2.10 bits per heavy atom. The SMILES string of the molecule is O=C(O)c1c(F)cccc1NC(=O)N1CCCOCC1. The Morgan fingerprint density at radius 1 is 1.30 bits per heavy atom. The fourth-order valence-electron chi connectivity index (χ4n) is 1.99. The first kappa shape index (κ1) is 14.3. The van der Waals surface area contributed by atoms with Crippen LogP contribution in [-0.4, -0.2) is 48.3 Å². The number of carboxylic acids is 1. The largest absolute Gasteiger partial charge is 0.478 e. The first-order chi connectivity index (χ1) is 9.59. The maximum absolute atomic E-state index is 13.5. The van der Waals surface area contributed by atoms with Crippen molar-refractivity contribution >= 4 is 17.7 Å². The van der Waals surface area contributed by atoms with Gasteiger partial charge in [-0.15, -0.1) is 0 Å². The Bertz CT molecular complexity index is 513. The van der Waals surface area contributed by atoms with E-state index < -0.39 is 23.4 Å². The molecule has 0 saturated carbocycles. The van der Waals surface area contributed by atoms with Crippen molar-refractivity contribution in [1.82, 2.24) is 4.90 Å². The number of carboxylic acid groups (broad SMARTS) is 1. The minimum absolute atomic E-state index is 0.0485. The van der Waals surface area contributed by atoms with Gasteiger partial charge in [-0.3, -0.25) is 0 Å². The van der Waals surface area contributed by atoms with E-state index in [0.29, 0.717) is 32.7 Å². The van der Waals surface area contributed by atoms with Gasteiger partial charge in [0, 0.05) is 19.7 Å². The van der Waals surface area contributed by atoms with Crippen LogP contribution in [-0.2, 0) is 4.74 Å². The zero-order valence-corrected chi connectivity index (χ0v) is 10.8. The third kappa shape index (κ3) is 3.24. The lowest BCUT2D eigenvalue weighted by Gasteiger charge is -2.20. The predicted octanol–water partition coefficient (Wildman–Crippen LogP) is 1.78. The Balaban J connectivity index is 2.15. The third-order valence-electron chi connectivity index (χ3n) is 2.98. The molecule has 0 radical (unpaired) electrons. The molecule has 2 amide bonds. The molecule has 1 aromatic carbocycles. The summed E-state index contributed by atoms with van der Waals surface area (Å²) in [5.74, 6) is -2.30. The fourth-order valence-corrected chi connectivity index (χ4v) is 1.99. The predicted molar refractivity (Wildman–Crippen MR) is 69.4 cm³/mol. The first-order valence-electron chi connectivity index (χ1n) is 6.25. The van der Waals surface area contributed by atoms with Gasteiger partial charge in [0.25, 0.3) is 0 Å². The molecular weight excluding hydrogens is 267 g/mol. The van der Waals surface area contributed by atoms with Crippen LogP contribution in [0.2, 0.25) is 0 Å². The summed E-state index contributed by atoms with van der Waals surface area (Å²) in [5, 5.41) is 11.4. The molecule has 20 heavy (non-hydrogen) atoms. The summed E-state index contributed by atoms with van der Waals surface area (Å²) in [4.78, 5) is 24.6. The molecule has 1 heterocycles. The highest BCUT2D eigenvalue weighted by atomic mass is 19.1. The van der Waals surface area contributed by atoms with Crippen molar-refractivity contribution in [3.63, 3.8) is 0 Å². The standard InChI is InChI=1S/C13H15FN2O4/c14-9-3-1-4-10(11(9)12(17)18)15-13(19)16-5-2-7-20-8-6-16/h1,3-4H,2,5-8H2,(H,15,19)(H,17,18). The van der Waals surface area contributed by atoms with Gasteiger partial charge in [0.1, 0.15) is 11.4 Å².